The summed E-state index contributed by atoms with van der Waals surface area (Å²) in [5.41, 5.74) is 2.51. The molecule has 0 bridgehead atoms. The van der Waals surface area contributed by atoms with Crippen molar-refractivity contribution < 1.29 is 24.2 Å². The second-order valence-electron chi connectivity index (χ2n) is 8.91. The lowest BCUT2D eigenvalue weighted by atomic mass is 10.0. The summed E-state index contributed by atoms with van der Waals surface area (Å²) in [5.74, 6) is -0.194. The number of carbonyl (C=O) groups excluding carboxylic acids is 3. The van der Waals surface area contributed by atoms with E-state index in [0.29, 0.717) is 24.2 Å². The summed E-state index contributed by atoms with van der Waals surface area (Å²) in [6.45, 7) is 5.04. The van der Waals surface area contributed by atoms with E-state index < -0.39 is 18.3 Å². The number of amides is 2. The molecule has 0 saturated heterocycles. The minimum absolute atomic E-state index is 0.0545. The molecular formula is C26H34N2O5. The molecule has 7 nitrogen and oxygen atoms in total. The molecule has 0 heterocycles. The Kier molecular flexibility index (Phi) is 10.1. The first-order valence-corrected chi connectivity index (χ1v) is 11.3. The third-order valence-corrected chi connectivity index (χ3v) is 4.83. The van der Waals surface area contributed by atoms with Crippen LogP contribution in [0.4, 0.5) is 16.2 Å². The fourth-order valence-electron chi connectivity index (χ4n) is 3.25. The van der Waals surface area contributed by atoms with Crippen molar-refractivity contribution in [2.75, 3.05) is 17.2 Å². The van der Waals surface area contributed by atoms with Crippen molar-refractivity contribution in [3.8, 4) is 11.1 Å². The van der Waals surface area contributed by atoms with Crippen molar-refractivity contribution in [1.29, 1.82) is 0 Å². The number of Topliss-reactive ketones (excluding diaryl/α,β-unsaturated/α-hetero) is 1. The Labute approximate surface area is 195 Å². The molecule has 0 radical (unpaired) electrons. The van der Waals surface area contributed by atoms with Crippen molar-refractivity contribution in [2.45, 2.75) is 64.9 Å². The van der Waals surface area contributed by atoms with Gasteiger partial charge in [-0.15, -0.1) is 0 Å². The van der Waals surface area contributed by atoms with E-state index in [2.05, 4.69) is 10.6 Å². The normalized spacial score (nSPS) is 11.0. The molecule has 0 spiro atoms. The van der Waals surface area contributed by atoms with Crippen molar-refractivity contribution in [3.05, 3.63) is 48.5 Å². The molecular weight excluding hydrogens is 420 g/mol. The Hall–Kier alpha value is -3.19. The van der Waals surface area contributed by atoms with E-state index in [-0.39, 0.29) is 11.7 Å². The van der Waals surface area contributed by atoms with Crippen LogP contribution in [0.25, 0.3) is 11.1 Å². The molecule has 0 unspecified atom stereocenters. The van der Waals surface area contributed by atoms with Gasteiger partial charge in [0, 0.05) is 24.1 Å². The van der Waals surface area contributed by atoms with Gasteiger partial charge in [-0.3, -0.25) is 14.9 Å². The van der Waals surface area contributed by atoms with Crippen LogP contribution in [0.15, 0.2) is 48.5 Å². The maximum absolute atomic E-state index is 12.2. The molecule has 0 fully saturated rings. The third kappa shape index (κ3) is 9.87. The number of ketones is 1. The largest absolute Gasteiger partial charge is 0.444 e. The highest BCUT2D eigenvalue weighted by atomic mass is 16.6. The minimum Gasteiger partial charge on any atom is -0.444 e. The number of rotatable bonds is 11. The number of ether oxygens (including phenoxy) is 1. The van der Waals surface area contributed by atoms with Gasteiger partial charge < -0.3 is 15.2 Å². The first-order chi connectivity index (χ1) is 15.7. The number of carbonyl (C=O) groups is 3. The van der Waals surface area contributed by atoms with Gasteiger partial charge in [-0.05, 0) is 57.4 Å². The van der Waals surface area contributed by atoms with Crippen molar-refractivity contribution in [3.63, 3.8) is 0 Å². The summed E-state index contributed by atoms with van der Waals surface area (Å²) < 4.78 is 5.34. The van der Waals surface area contributed by atoms with Crippen LogP contribution in [0.5, 0.6) is 0 Å². The lowest BCUT2D eigenvalue weighted by Crippen LogP contribution is -2.27. The summed E-state index contributed by atoms with van der Waals surface area (Å²) in [4.78, 5) is 35.4. The van der Waals surface area contributed by atoms with E-state index in [4.69, 9.17) is 9.84 Å². The molecule has 0 aromatic heterocycles. The zero-order valence-corrected chi connectivity index (χ0v) is 19.6. The molecule has 33 heavy (non-hydrogen) atoms. The Balaban J connectivity index is 1.87. The van der Waals surface area contributed by atoms with Crippen LogP contribution >= 0.6 is 0 Å². The third-order valence-electron chi connectivity index (χ3n) is 4.83. The minimum atomic E-state index is -0.585. The first kappa shape index (κ1) is 26.1. The molecule has 2 amide bonds. The maximum Gasteiger partial charge on any atom is 0.412 e. The monoisotopic (exact) mass is 454 g/mol. The predicted octanol–water partition coefficient (Wildman–Crippen LogP) is 5.54. The van der Waals surface area contributed by atoms with Gasteiger partial charge in [0.15, 0.2) is 5.78 Å². The molecule has 2 aromatic carbocycles. The Bertz CT molecular complexity index is 932. The number of aliphatic hydroxyl groups excluding tert-OH is 1. The summed E-state index contributed by atoms with van der Waals surface area (Å²) in [5, 5.41) is 14.4. The van der Waals surface area contributed by atoms with E-state index in [0.717, 1.165) is 36.8 Å². The van der Waals surface area contributed by atoms with E-state index >= 15 is 0 Å². The number of unbranched alkanes of at least 4 members (excludes halogenated alkanes) is 3. The zero-order valence-electron chi connectivity index (χ0n) is 19.6. The number of hydrogen-bond donors (Lipinski definition) is 3. The van der Waals surface area contributed by atoms with E-state index in [1.165, 1.54) is 0 Å². The molecule has 0 atom stereocenters. The Morgan fingerprint density at radius 2 is 1.48 bits per heavy atom. The lowest BCUT2D eigenvalue weighted by molar-refractivity contribution is -0.122. The summed E-state index contributed by atoms with van der Waals surface area (Å²) >= 11 is 0. The number of aliphatic hydroxyl groups is 1. The maximum atomic E-state index is 12.2. The van der Waals surface area contributed by atoms with Gasteiger partial charge in [0.05, 0.1) is 5.69 Å². The standard InChI is InChI=1S/C26H34N2O5/c1-26(2,3)33-25(32)28-23-12-9-8-11-22(23)19-14-16-20(17-15-19)27-24(31)13-7-5-4-6-10-21(30)18-29/h8-9,11-12,14-17,29H,4-7,10,13,18H2,1-3H3,(H,27,31)(H,28,32). The molecule has 0 saturated carbocycles. The van der Waals surface area contributed by atoms with Gasteiger partial charge in [0.1, 0.15) is 12.2 Å². The van der Waals surface area contributed by atoms with Gasteiger partial charge in [-0.1, -0.05) is 43.2 Å². The molecule has 0 aliphatic rings. The molecule has 2 aromatic rings. The average Bonchev–Trinajstić information content (AvgIpc) is 2.75. The van der Waals surface area contributed by atoms with Gasteiger partial charge in [-0.2, -0.15) is 0 Å². The highest BCUT2D eigenvalue weighted by Crippen LogP contribution is 2.29. The molecule has 178 valence electrons. The molecule has 3 N–H and O–H groups in total. The molecule has 7 heteroatoms. The van der Waals surface area contributed by atoms with E-state index in [1.807, 2.05) is 69.3 Å². The Morgan fingerprint density at radius 3 is 2.12 bits per heavy atom. The van der Waals surface area contributed by atoms with Gasteiger partial charge in [-0.25, -0.2) is 4.79 Å². The highest BCUT2D eigenvalue weighted by Gasteiger charge is 2.17. The fourth-order valence-corrected chi connectivity index (χ4v) is 3.25. The van der Waals surface area contributed by atoms with E-state index in [9.17, 15) is 14.4 Å². The van der Waals surface area contributed by atoms with Gasteiger partial charge in [0.25, 0.3) is 0 Å². The van der Waals surface area contributed by atoms with Gasteiger partial charge in [0.2, 0.25) is 5.91 Å². The van der Waals surface area contributed by atoms with Crippen molar-refractivity contribution in [1.82, 2.24) is 0 Å². The quantitative estimate of drug-likeness (QED) is 0.387. The van der Waals surface area contributed by atoms with Crippen molar-refractivity contribution in [2.24, 2.45) is 0 Å². The van der Waals surface area contributed by atoms with Crippen molar-refractivity contribution >= 4 is 29.2 Å². The van der Waals surface area contributed by atoms with E-state index in [1.54, 1.807) is 0 Å². The number of benzene rings is 2. The molecule has 0 aliphatic carbocycles. The van der Waals surface area contributed by atoms with Crippen LogP contribution in [0.1, 0.15) is 59.3 Å². The zero-order chi connectivity index (χ0) is 24.3. The average molecular weight is 455 g/mol. The number of anilines is 2. The first-order valence-electron chi connectivity index (χ1n) is 11.3. The second kappa shape index (κ2) is 12.7. The Morgan fingerprint density at radius 1 is 0.848 bits per heavy atom. The highest BCUT2D eigenvalue weighted by molar-refractivity contribution is 5.93. The lowest BCUT2D eigenvalue weighted by Gasteiger charge is -2.20. The predicted molar refractivity (Wildman–Crippen MR) is 130 cm³/mol. The second-order valence-corrected chi connectivity index (χ2v) is 8.91. The van der Waals surface area contributed by atoms with Crippen LogP contribution in [-0.4, -0.2) is 35.1 Å². The summed E-state index contributed by atoms with van der Waals surface area (Å²) in [7, 11) is 0. The van der Waals surface area contributed by atoms with Crippen LogP contribution in [-0.2, 0) is 14.3 Å². The van der Waals surface area contributed by atoms with Crippen LogP contribution < -0.4 is 10.6 Å². The number of hydrogen-bond acceptors (Lipinski definition) is 5. The van der Waals surface area contributed by atoms with Crippen LogP contribution in [0, 0.1) is 0 Å². The number of nitrogens with one attached hydrogen (secondary N) is 2. The molecule has 2 rings (SSSR count). The van der Waals surface area contributed by atoms with Crippen LogP contribution in [0.3, 0.4) is 0 Å². The smallest absolute Gasteiger partial charge is 0.412 e. The van der Waals surface area contributed by atoms with Crippen LogP contribution in [0.2, 0.25) is 0 Å². The SMILES string of the molecule is CC(C)(C)OC(=O)Nc1ccccc1-c1ccc(NC(=O)CCCCCCC(=O)CO)cc1. The summed E-state index contributed by atoms with van der Waals surface area (Å²) in [6, 6.07) is 14.9. The molecule has 0 aliphatic heterocycles. The number of para-hydroxylation sites is 1. The van der Waals surface area contributed by atoms with Gasteiger partial charge >= 0.3 is 6.09 Å². The topological polar surface area (TPSA) is 105 Å². The fraction of sp³-hybridized carbons (Fsp3) is 0.423. The summed E-state index contributed by atoms with van der Waals surface area (Å²) in [6.07, 6.45) is 3.52.